The number of nitrogens with one attached hydrogen (secondary N) is 4. The summed E-state index contributed by atoms with van der Waals surface area (Å²) in [5, 5.41) is 13.0. The maximum Gasteiger partial charge on any atom is 0.586 e. The van der Waals surface area contributed by atoms with E-state index in [2.05, 4.69) is 58.8 Å². The van der Waals surface area contributed by atoms with Gasteiger partial charge in [0.15, 0.2) is 11.5 Å². The molecule has 15 nitrogen and oxygen atoms in total. The molecule has 2 bridgehead atoms. The summed E-state index contributed by atoms with van der Waals surface area (Å²) in [6, 6.07) is 25.6. The van der Waals surface area contributed by atoms with Crippen molar-refractivity contribution in [3.8, 4) is 22.8 Å². The van der Waals surface area contributed by atoms with E-state index in [0.717, 1.165) is 66.7 Å². The summed E-state index contributed by atoms with van der Waals surface area (Å²) in [7, 11) is 0. The van der Waals surface area contributed by atoms with Gasteiger partial charge >= 0.3 is 6.29 Å². The van der Waals surface area contributed by atoms with E-state index in [-0.39, 0.29) is 72.1 Å². The van der Waals surface area contributed by atoms with Crippen molar-refractivity contribution in [1.29, 1.82) is 0 Å². The summed E-state index contributed by atoms with van der Waals surface area (Å²) < 4.78 is 42.2. The molecule has 1 saturated heterocycles. The quantitative estimate of drug-likeness (QED) is 0.0628. The van der Waals surface area contributed by atoms with Gasteiger partial charge in [-0.15, -0.1) is 20.1 Å². The van der Waals surface area contributed by atoms with Crippen LogP contribution in [0.5, 0.6) is 11.5 Å². The van der Waals surface area contributed by atoms with Gasteiger partial charge in [0.1, 0.15) is 15.5 Å². The number of amides is 4. The molecule has 0 radical (unpaired) electrons. The van der Waals surface area contributed by atoms with E-state index < -0.39 is 11.7 Å². The van der Waals surface area contributed by atoms with Crippen LogP contribution in [0.3, 0.4) is 0 Å². The van der Waals surface area contributed by atoms with Gasteiger partial charge in [0.25, 0.3) is 11.8 Å². The molecular formula is C55H56F2N8O7S. The van der Waals surface area contributed by atoms with Gasteiger partial charge in [-0.25, -0.2) is 9.97 Å². The Morgan fingerprint density at radius 3 is 2.41 bits per heavy atom. The van der Waals surface area contributed by atoms with E-state index in [1.807, 2.05) is 38.1 Å². The lowest BCUT2D eigenvalue weighted by atomic mass is 9.83. The van der Waals surface area contributed by atoms with Crippen molar-refractivity contribution in [3.05, 3.63) is 123 Å². The second-order valence-electron chi connectivity index (χ2n) is 20.0. The maximum atomic E-state index is 13.6. The molecule has 4 atom stereocenters. The van der Waals surface area contributed by atoms with Crippen LogP contribution in [0.15, 0.2) is 84.9 Å². The van der Waals surface area contributed by atoms with Crippen LogP contribution in [0.4, 0.5) is 26.0 Å². The number of benzene rings is 3. The van der Waals surface area contributed by atoms with E-state index >= 15 is 0 Å². The predicted octanol–water partition coefficient (Wildman–Crippen LogP) is 7.86. The number of nitrogen functional groups attached to an aromatic ring is 1. The Labute approximate surface area is 424 Å². The Kier molecular flexibility index (Phi) is 12.7. The van der Waals surface area contributed by atoms with Crippen LogP contribution in [-0.4, -0.2) is 85.3 Å². The number of ether oxygens (including phenoxy) is 3. The molecule has 73 heavy (non-hydrogen) atoms. The number of pyridine rings is 2. The Bertz CT molecular complexity index is 3170. The van der Waals surface area contributed by atoms with Gasteiger partial charge in [0.05, 0.1) is 30.0 Å². The van der Waals surface area contributed by atoms with Crippen LogP contribution in [0.1, 0.15) is 80.1 Å². The molecule has 6 N–H and O–H groups in total. The minimum atomic E-state index is -3.75. The number of aryl methyl sites for hydroxylation is 3. The van der Waals surface area contributed by atoms with Gasteiger partial charge in [-0.3, -0.25) is 19.2 Å². The number of hydrogen-bond acceptors (Lipinski definition) is 12. The monoisotopic (exact) mass is 1010 g/mol. The second kappa shape index (κ2) is 19.3. The van der Waals surface area contributed by atoms with E-state index in [4.69, 9.17) is 15.5 Å². The van der Waals surface area contributed by atoms with Crippen LogP contribution in [0.2, 0.25) is 0 Å². The maximum absolute atomic E-state index is 13.6. The molecule has 1 unspecified atom stereocenters. The van der Waals surface area contributed by atoms with Crippen molar-refractivity contribution < 1.29 is 42.2 Å². The fourth-order valence-corrected chi connectivity index (χ4v) is 12.2. The van der Waals surface area contributed by atoms with Gasteiger partial charge in [0.2, 0.25) is 11.8 Å². The molecular weight excluding hydrogens is 955 g/mol. The number of fused-ring (bicyclic) bond motifs is 5. The Morgan fingerprint density at radius 1 is 0.836 bits per heavy atom. The highest BCUT2D eigenvalue weighted by Crippen LogP contribution is 2.52. The number of halogens is 2. The SMILES string of the molecule is Cc1ccc2c(N)c(C(=O)N[C@H]3CCc4cc(N5C[C@H]6CC[C@@H](C5)C6C(=O)NCCOCCNC(=O)c5cccc(-c6nc(NC(=O)C7(c8ccc9c(c8)OC(F)(F)O9)CC7)ccc6C)c5)ccc4C3)sc2n1. The number of nitrogens with two attached hydrogens (primary N) is 1. The number of anilines is 3. The van der Waals surface area contributed by atoms with Gasteiger partial charge in [-0.2, -0.15) is 0 Å². The molecule has 3 aromatic heterocycles. The van der Waals surface area contributed by atoms with Gasteiger partial charge in [-0.05, 0) is 147 Å². The smallest absolute Gasteiger partial charge is 0.397 e. The van der Waals surface area contributed by atoms with Crippen LogP contribution in [-0.2, 0) is 32.6 Å². The van der Waals surface area contributed by atoms with Crippen molar-refractivity contribution >= 4 is 62.4 Å². The van der Waals surface area contributed by atoms with E-state index in [9.17, 15) is 28.0 Å². The summed E-state index contributed by atoms with van der Waals surface area (Å²) in [6.45, 7) is 6.71. The average Bonchev–Trinajstić information content (AvgIpc) is 3.96. The van der Waals surface area contributed by atoms with E-state index in [0.29, 0.717) is 64.8 Å². The zero-order chi connectivity index (χ0) is 50.6. The lowest BCUT2D eigenvalue weighted by Gasteiger charge is -2.39. The number of carbonyl (C=O) groups is 4. The summed E-state index contributed by atoms with van der Waals surface area (Å²) in [5.74, 6) is -0.0349. The molecule has 6 aromatic rings. The topological polar surface area (TPSA) is 199 Å². The molecule has 3 aromatic carbocycles. The highest BCUT2D eigenvalue weighted by atomic mass is 32.1. The standard InChI is InChI=1S/C55H56F2N8O7S/c1-30-6-17-44(64-53(69)54(18-19-54)38-12-16-42-43(27-38)72-55(56,57)71-42)63-47(30)34-4-3-5-35(24-34)49(66)59-20-22-70-23-21-60-50(67)45-36-8-9-37(45)29-65(28-36)40-14-11-32-25-39(13-10-33(32)26-40)62-51(68)48-46(58)41-15-7-31(2)61-52(41)73-48/h3-7,11-12,14-17,24,26-27,36-37,39,45H,8-10,13,18-23,25,28-29,58H2,1-2H3,(H,59,66)(H,60,67)(H,62,68)(H,63,64,69)/t36-,37+,39-,45?/m0/s1. The molecule has 2 aliphatic heterocycles. The Morgan fingerprint density at radius 2 is 1.62 bits per heavy atom. The Hall–Kier alpha value is -7.18. The molecule has 2 saturated carbocycles. The van der Waals surface area contributed by atoms with Crippen LogP contribution < -0.4 is 41.4 Å². The third-order valence-electron chi connectivity index (χ3n) is 15.1. The lowest BCUT2D eigenvalue weighted by molar-refractivity contribution is -0.286. The average molecular weight is 1010 g/mol. The number of alkyl halides is 2. The second-order valence-corrected chi connectivity index (χ2v) is 21.0. The third kappa shape index (κ3) is 9.77. The summed E-state index contributed by atoms with van der Waals surface area (Å²) in [4.78, 5) is 66.7. The summed E-state index contributed by atoms with van der Waals surface area (Å²) in [6.07, 6.45) is 1.84. The van der Waals surface area contributed by atoms with Crippen molar-refractivity contribution in [3.63, 3.8) is 0 Å². The number of aromatic nitrogens is 2. The third-order valence-corrected chi connectivity index (χ3v) is 16.3. The first-order valence-electron chi connectivity index (χ1n) is 25.0. The minimum absolute atomic E-state index is 0.0211. The van der Waals surface area contributed by atoms with Crippen molar-refractivity contribution in [2.24, 2.45) is 17.8 Å². The molecule has 5 aliphatic rings. The first-order chi connectivity index (χ1) is 35.2. The molecule has 11 rings (SSSR count). The van der Waals surface area contributed by atoms with Gasteiger partial charge in [0, 0.05) is 66.0 Å². The number of hydrogen-bond donors (Lipinski definition) is 5. The Balaban J connectivity index is 0.608. The normalized spacial score (nSPS) is 20.8. The fraction of sp³-hybridized carbons (Fsp3) is 0.382. The van der Waals surface area contributed by atoms with Crippen LogP contribution >= 0.6 is 11.3 Å². The van der Waals surface area contributed by atoms with E-state index in [1.54, 1.807) is 30.3 Å². The molecule has 3 fully saturated rings. The summed E-state index contributed by atoms with van der Waals surface area (Å²) >= 11 is 1.34. The summed E-state index contributed by atoms with van der Waals surface area (Å²) in [5.41, 5.74) is 13.7. The zero-order valence-electron chi connectivity index (χ0n) is 40.5. The van der Waals surface area contributed by atoms with Gasteiger partial charge in [-0.1, -0.05) is 30.3 Å². The number of rotatable bonds is 15. The number of carbonyl (C=O) groups excluding carboxylic acids is 4. The number of thiophene rings is 1. The first-order valence-corrected chi connectivity index (χ1v) is 25.8. The molecule has 3 aliphatic carbocycles. The van der Waals surface area contributed by atoms with Gasteiger partial charge < -0.3 is 46.1 Å². The molecule has 0 spiro atoms. The lowest BCUT2D eigenvalue weighted by Crippen LogP contribution is -2.48. The number of piperidine rings is 1. The fourth-order valence-electron chi connectivity index (χ4n) is 11.2. The first kappa shape index (κ1) is 48.1. The van der Waals surface area contributed by atoms with Crippen molar-refractivity contribution in [1.82, 2.24) is 25.9 Å². The minimum Gasteiger partial charge on any atom is -0.397 e. The van der Waals surface area contributed by atoms with Crippen LogP contribution in [0, 0.1) is 31.6 Å². The van der Waals surface area contributed by atoms with E-state index in [1.165, 1.54) is 40.3 Å². The molecule has 378 valence electrons. The highest BCUT2D eigenvalue weighted by molar-refractivity contribution is 7.21. The highest BCUT2D eigenvalue weighted by Gasteiger charge is 2.53. The number of nitrogens with zero attached hydrogens (tertiary/aromatic N) is 3. The largest absolute Gasteiger partial charge is 0.586 e. The van der Waals surface area contributed by atoms with Crippen molar-refractivity contribution in [2.75, 3.05) is 55.3 Å². The molecule has 4 amide bonds. The van der Waals surface area contributed by atoms with Crippen LogP contribution in [0.25, 0.3) is 21.5 Å². The van der Waals surface area contributed by atoms with Crippen molar-refractivity contribution in [2.45, 2.75) is 76.5 Å². The predicted molar refractivity (Wildman–Crippen MR) is 273 cm³/mol. The zero-order valence-corrected chi connectivity index (χ0v) is 41.3. The molecule has 18 heteroatoms. The molecule has 5 heterocycles.